The number of amides is 1. The molecule has 4 aromatic rings. The third kappa shape index (κ3) is 5.11. The van der Waals surface area contributed by atoms with Crippen LogP contribution in [0.5, 0.6) is 0 Å². The molecule has 4 rings (SSSR count). The standard InChI is InChI=1S/C25H25N3O5S/c1-3-17-9-11-19(12-10-17)26-24(29)21(15-18-7-5-4-6-8-18)27-34(31,32)20-13-14-22-23(16-20)33-25(30)28(22)2/h4-14,16,21,27H,3,15H2,1-2H3,(H,26,29)/t21-/m1/s1. The molecular weight excluding hydrogens is 454 g/mol. The Bertz CT molecular complexity index is 1470. The molecule has 0 unspecified atom stereocenters. The van der Waals surface area contributed by atoms with Crippen LogP contribution in [-0.2, 0) is 34.7 Å². The molecule has 0 radical (unpaired) electrons. The van der Waals surface area contributed by atoms with Crippen molar-refractivity contribution in [1.29, 1.82) is 0 Å². The van der Waals surface area contributed by atoms with Crippen LogP contribution in [0.2, 0.25) is 0 Å². The van der Waals surface area contributed by atoms with E-state index < -0.39 is 27.7 Å². The number of nitrogens with zero attached hydrogens (tertiary/aromatic N) is 1. The lowest BCUT2D eigenvalue weighted by atomic mass is 10.1. The molecule has 0 aliphatic rings. The number of rotatable bonds is 8. The summed E-state index contributed by atoms with van der Waals surface area (Å²) < 4.78 is 35.3. The van der Waals surface area contributed by atoms with Crippen molar-refractivity contribution in [1.82, 2.24) is 9.29 Å². The van der Waals surface area contributed by atoms with E-state index in [0.717, 1.165) is 17.5 Å². The summed E-state index contributed by atoms with van der Waals surface area (Å²) in [5.74, 6) is -1.07. The lowest BCUT2D eigenvalue weighted by molar-refractivity contribution is -0.117. The van der Waals surface area contributed by atoms with E-state index >= 15 is 0 Å². The van der Waals surface area contributed by atoms with Crippen LogP contribution in [0.3, 0.4) is 0 Å². The molecule has 34 heavy (non-hydrogen) atoms. The van der Waals surface area contributed by atoms with Crippen molar-refractivity contribution in [3.05, 3.63) is 94.5 Å². The number of hydrogen-bond donors (Lipinski definition) is 2. The van der Waals surface area contributed by atoms with Gasteiger partial charge in [-0.1, -0.05) is 49.4 Å². The number of oxazole rings is 1. The first kappa shape index (κ1) is 23.5. The Hall–Kier alpha value is -3.69. The van der Waals surface area contributed by atoms with Crippen molar-refractivity contribution in [2.75, 3.05) is 5.32 Å². The van der Waals surface area contributed by atoms with Crippen LogP contribution in [-0.4, -0.2) is 24.9 Å². The Morgan fingerprint density at radius 2 is 1.71 bits per heavy atom. The molecule has 1 heterocycles. The molecule has 0 spiro atoms. The number of aromatic nitrogens is 1. The minimum atomic E-state index is -4.10. The lowest BCUT2D eigenvalue weighted by Gasteiger charge is -2.19. The number of aryl methyl sites for hydroxylation is 2. The minimum Gasteiger partial charge on any atom is -0.408 e. The smallest absolute Gasteiger partial charge is 0.408 e. The van der Waals surface area contributed by atoms with Crippen LogP contribution < -0.4 is 15.8 Å². The van der Waals surface area contributed by atoms with Crippen molar-refractivity contribution < 1.29 is 17.6 Å². The fraction of sp³-hybridized carbons (Fsp3) is 0.200. The van der Waals surface area contributed by atoms with E-state index in [9.17, 15) is 18.0 Å². The zero-order valence-electron chi connectivity index (χ0n) is 18.8. The number of nitrogens with one attached hydrogen (secondary N) is 2. The maximum Gasteiger partial charge on any atom is 0.419 e. The molecule has 1 aromatic heterocycles. The normalized spacial score (nSPS) is 12.5. The first-order chi connectivity index (χ1) is 16.3. The third-order valence-corrected chi connectivity index (χ3v) is 7.07. The number of fused-ring (bicyclic) bond motifs is 1. The molecule has 0 aliphatic carbocycles. The van der Waals surface area contributed by atoms with Crippen LogP contribution in [0, 0.1) is 0 Å². The van der Waals surface area contributed by atoms with Crippen molar-refractivity contribution in [2.45, 2.75) is 30.7 Å². The number of carbonyl (C=O) groups excluding carboxylic acids is 1. The van der Waals surface area contributed by atoms with Crippen LogP contribution in [0.15, 0.2) is 86.9 Å². The van der Waals surface area contributed by atoms with Crippen LogP contribution in [0.25, 0.3) is 11.1 Å². The van der Waals surface area contributed by atoms with Crippen LogP contribution in [0.1, 0.15) is 18.1 Å². The van der Waals surface area contributed by atoms with E-state index in [0.29, 0.717) is 11.2 Å². The second-order valence-corrected chi connectivity index (χ2v) is 9.67. The van der Waals surface area contributed by atoms with Gasteiger partial charge in [-0.15, -0.1) is 0 Å². The van der Waals surface area contributed by atoms with Gasteiger partial charge in [0, 0.05) is 18.8 Å². The molecule has 176 valence electrons. The van der Waals surface area contributed by atoms with Gasteiger partial charge in [-0.3, -0.25) is 9.36 Å². The molecule has 0 saturated heterocycles. The summed E-state index contributed by atoms with van der Waals surface area (Å²) in [6.45, 7) is 2.04. The third-order valence-electron chi connectivity index (χ3n) is 5.60. The van der Waals surface area contributed by atoms with Crippen molar-refractivity contribution in [3.63, 3.8) is 0 Å². The molecule has 1 amide bonds. The largest absolute Gasteiger partial charge is 0.419 e. The molecule has 2 N–H and O–H groups in total. The molecule has 0 fully saturated rings. The van der Waals surface area contributed by atoms with Gasteiger partial charge in [0.05, 0.1) is 10.4 Å². The number of anilines is 1. The highest BCUT2D eigenvalue weighted by Gasteiger charge is 2.27. The fourth-order valence-electron chi connectivity index (χ4n) is 3.63. The van der Waals surface area contributed by atoms with Crippen molar-refractivity contribution >= 4 is 32.7 Å². The Morgan fingerprint density at radius 3 is 2.38 bits per heavy atom. The molecule has 0 bridgehead atoms. The number of carbonyl (C=O) groups is 1. The summed E-state index contributed by atoms with van der Waals surface area (Å²) in [6.07, 6.45) is 1.03. The molecule has 8 nitrogen and oxygen atoms in total. The van der Waals surface area contributed by atoms with E-state index in [1.165, 1.54) is 29.8 Å². The highest BCUT2D eigenvalue weighted by molar-refractivity contribution is 7.89. The maximum atomic E-state index is 13.2. The van der Waals surface area contributed by atoms with E-state index in [4.69, 9.17) is 4.42 Å². The molecule has 9 heteroatoms. The Kier molecular flexibility index (Phi) is 6.67. The average Bonchev–Trinajstić information content (AvgIpc) is 3.12. The molecule has 0 saturated carbocycles. The van der Waals surface area contributed by atoms with Gasteiger partial charge in [0.25, 0.3) is 0 Å². The van der Waals surface area contributed by atoms with E-state index in [2.05, 4.69) is 10.0 Å². The predicted octanol–water partition coefficient (Wildman–Crippen LogP) is 3.22. The summed E-state index contributed by atoms with van der Waals surface area (Å²) >= 11 is 0. The van der Waals surface area contributed by atoms with Gasteiger partial charge >= 0.3 is 5.76 Å². The second kappa shape index (κ2) is 9.66. The van der Waals surface area contributed by atoms with Crippen molar-refractivity contribution in [3.8, 4) is 0 Å². The van der Waals surface area contributed by atoms with Gasteiger partial charge in [-0.05, 0) is 48.2 Å². The van der Waals surface area contributed by atoms with Gasteiger partial charge in [0.1, 0.15) is 6.04 Å². The van der Waals surface area contributed by atoms with E-state index in [1.54, 1.807) is 12.1 Å². The van der Waals surface area contributed by atoms with Gasteiger partial charge in [0.2, 0.25) is 15.9 Å². The van der Waals surface area contributed by atoms with E-state index in [1.807, 2.05) is 49.4 Å². The van der Waals surface area contributed by atoms with Gasteiger partial charge < -0.3 is 9.73 Å². The summed E-state index contributed by atoms with van der Waals surface area (Å²) in [5.41, 5.74) is 3.12. The summed E-state index contributed by atoms with van der Waals surface area (Å²) in [7, 11) is -2.57. The second-order valence-electron chi connectivity index (χ2n) is 7.96. The molecular formula is C25H25N3O5S. The SMILES string of the molecule is CCc1ccc(NC(=O)[C@@H](Cc2ccccc2)NS(=O)(=O)c2ccc3c(c2)oc(=O)n3C)cc1. The molecule has 3 aromatic carbocycles. The summed E-state index contributed by atoms with van der Waals surface area (Å²) in [4.78, 5) is 24.8. The Balaban J connectivity index is 1.62. The van der Waals surface area contributed by atoms with Gasteiger partial charge in [0.15, 0.2) is 5.58 Å². The minimum absolute atomic E-state index is 0.104. The molecule has 1 atom stereocenters. The number of benzene rings is 3. The van der Waals surface area contributed by atoms with E-state index in [-0.39, 0.29) is 16.9 Å². The molecule has 0 aliphatic heterocycles. The van der Waals surface area contributed by atoms with Gasteiger partial charge in [-0.25, -0.2) is 13.2 Å². The lowest BCUT2D eigenvalue weighted by Crippen LogP contribution is -2.45. The number of hydrogen-bond acceptors (Lipinski definition) is 5. The predicted molar refractivity (Wildman–Crippen MR) is 130 cm³/mol. The summed E-state index contributed by atoms with van der Waals surface area (Å²) in [6, 6.07) is 19.6. The van der Waals surface area contributed by atoms with Crippen LogP contribution in [0.4, 0.5) is 5.69 Å². The first-order valence-electron chi connectivity index (χ1n) is 10.8. The maximum absolute atomic E-state index is 13.2. The Labute approximate surface area is 197 Å². The highest BCUT2D eigenvalue weighted by atomic mass is 32.2. The quantitative estimate of drug-likeness (QED) is 0.403. The monoisotopic (exact) mass is 479 g/mol. The Morgan fingerprint density at radius 1 is 1.00 bits per heavy atom. The topological polar surface area (TPSA) is 110 Å². The van der Waals surface area contributed by atoms with Gasteiger partial charge in [-0.2, -0.15) is 4.72 Å². The zero-order valence-corrected chi connectivity index (χ0v) is 19.6. The van der Waals surface area contributed by atoms with Crippen molar-refractivity contribution in [2.24, 2.45) is 7.05 Å². The number of sulfonamides is 1. The van der Waals surface area contributed by atoms with Crippen LogP contribution >= 0.6 is 0 Å². The zero-order chi connectivity index (χ0) is 24.3. The fourth-order valence-corrected chi connectivity index (χ4v) is 4.84. The average molecular weight is 480 g/mol. The highest BCUT2D eigenvalue weighted by Crippen LogP contribution is 2.19. The summed E-state index contributed by atoms with van der Waals surface area (Å²) in [5, 5.41) is 2.80. The first-order valence-corrected chi connectivity index (χ1v) is 12.3.